The predicted molar refractivity (Wildman–Crippen MR) is 79.7 cm³/mol. The van der Waals surface area contributed by atoms with Gasteiger partial charge in [-0.2, -0.15) is 11.8 Å². The number of aliphatic carboxylic acids is 1. The molecule has 0 unspecified atom stereocenters. The smallest absolute Gasteiger partial charge is 0.329 e. The van der Waals surface area contributed by atoms with Crippen LogP contribution in [0.4, 0.5) is 8.78 Å². The molecule has 0 aromatic heterocycles. The lowest BCUT2D eigenvalue weighted by Crippen LogP contribution is -2.56. The largest absolute Gasteiger partial charge is 0.480 e. The molecular formula is C15H17F2NO3S. The molecule has 2 rings (SSSR count). The zero-order chi connectivity index (χ0) is 16.2. The van der Waals surface area contributed by atoms with Crippen molar-refractivity contribution in [2.24, 2.45) is 0 Å². The highest BCUT2D eigenvalue weighted by Gasteiger charge is 2.41. The van der Waals surface area contributed by atoms with Gasteiger partial charge in [0.25, 0.3) is 0 Å². The molecule has 1 saturated heterocycles. The van der Waals surface area contributed by atoms with Crippen molar-refractivity contribution in [1.82, 2.24) is 5.32 Å². The minimum atomic E-state index is -1.23. The summed E-state index contributed by atoms with van der Waals surface area (Å²) in [5.41, 5.74) is -1.12. The van der Waals surface area contributed by atoms with Crippen LogP contribution in [0.1, 0.15) is 24.8 Å². The summed E-state index contributed by atoms with van der Waals surface area (Å²) in [6.07, 6.45) is 0.683. The molecule has 0 bridgehead atoms. The Morgan fingerprint density at radius 3 is 2.59 bits per heavy atom. The first-order valence-corrected chi connectivity index (χ1v) is 8.15. The summed E-state index contributed by atoms with van der Waals surface area (Å²) in [6.45, 7) is 0. The Kier molecular flexibility index (Phi) is 5.39. The molecule has 120 valence electrons. The molecule has 7 heteroatoms. The van der Waals surface area contributed by atoms with Crippen LogP contribution in [0.25, 0.3) is 0 Å². The second-order valence-corrected chi connectivity index (χ2v) is 6.49. The summed E-state index contributed by atoms with van der Waals surface area (Å²) in [4.78, 5) is 23.4. The summed E-state index contributed by atoms with van der Waals surface area (Å²) in [5, 5.41) is 11.9. The SMILES string of the molecule is O=C(CCc1cccc(F)c1F)NC1(C(=O)O)CCSCC1. The van der Waals surface area contributed by atoms with Crippen LogP contribution >= 0.6 is 11.8 Å². The minimum Gasteiger partial charge on any atom is -0.480 e. The van der Waals surface area contributed by atoms with Gasteiger partial charge in [0.1, 0.15) is 5.54 Å². The highest BCUT2D eigenvalue weighted by molar-refractivity contribution is 7.99. The molecular weight excluding hydrogens is 312 g/mol. The van der Waals surface area contributed by atoms with Gasteiger partial charge in [0, 0.05) is 6.42 Å². The zero-order valence-electron chi connectivity index (χ0n) is 11.9. The summed E-state index contributed by atoms with van der Waals surface area (Å²) in [5.74, 6) is -2.08. The average molecular weight is 329 g/mol. The van der Waals surface area contributed by atoms with E-state index in [4.69, 9.17) is 0 Å². The van der Waals surface area contributed by atoms with Crippen molar-refractivity contribution in [2.45, 2.75) is 31.2 Å². The Hall–Kier alpha value is -1.63. The quantitative estimate of drug-likeness (QED) is 0.870. The summed E-state index contributed by atoms with van der Waals surface area (Å²) in [7, 11) is 0. The number of hydrogen-bond donors (Lipinski definition) is 2. The van der Waals surface area contributed by atoms with Crippen LogP contribution < -0.4 is 5.32 Å². The molecule has 4 nitrogen and oxygen atoms in total. The molecule has 1 fully saturated rings. The molecule has 1 heterocycles. The van der Waals surface area contributed by atoms with E-state index in [-0.39, 0.29) is 18.4 Å². The Bertz CT molecular complexity index is 574. The van der Waals surface area contributed by atoms with E-state index in [1.807, 2.05) is 0 Å². The van der Waals surface area contributed by atoms with Crippen molar-refractivity contribution in [3.05, 3.63) is 35.4 Å². The highest BCUT2D eigenvalue weighted by atomic mass is 32.2. The Morgan fingerprint density at radius 2 is 1.95 bits per heavy atom. The van der Waals surface area contributed by atoms with Gasteiger partial charge in [-0.25, -0.2) is 13.6 Å². The molecule has 1 aliphatic heterocycles. The average Bonchev–Trinajstić information content (AvgIpc) is 2.49. The van der Waals surface area contributed by atoms with Gasteiger partial charge in [0.05, 0.1) is 0 Å². The van der Waals surface area contributed by atoms with E-state index in [2.05, 4.69) is 5.32 Å². The van der Waals surface area contributed by atoms with Gasteiger partial charge in [-0.1, -0.05) is 12.1 Å². The van der Waals surface area contributed by atoms with E-state index in [1.165, 1.54) is 12.1 Å². The van der Waals surface area contributed by atoms with Crippen LogP contribution in [0.5, 0.6) is 0 Å². The zero-order valence-corrected chi connectivity index (χ0v) is 12.7. The lowest BCUT2D eigenvalue weighted by molar-refractivity contribution is -0.148. The van der Waals surface area contributed by atoms with E-state index in [9.17, 15) is 23.5 Å². The van der Waals surface area contributed by atoms with Crippen LogP contribution in [-0.4, -0.2) is 34.0 Å². The van der Waals surface area contributed by atoms with Crippen LogP contribution in [0.15, 0.2) is 18.2 Å². The number of benzene rings is 1. The van der Waals surface area contributed by atoms with Gasteiger partial charge in [-0.3, -0.25) is 4.79 Å². The van der Waals surface area contributed by atoms with Gasteiger partial charge >= 0.3 is 5.97 Å². The number of amides is 1. The Labute approximate surface area is 131 Å². The van der Waals surface area contributed by atoms with E-state index in [1.54, 1.807) is 11.8 Å². The van der Waals surface area contributed by atoms with Crippen molar-refractivity contribution in [2.75, 3.05) is 11.5 Å². The van der Waals surface area contributed by atoms with E-state index in [0.717, 1.165) is 6.07 Å². The number of carboxylic acid groups (broad SMARTS) is 1. The first-order chi connectivity index (χ1) is 10.4. The van der Waals surface area contributed by atoms with Crippen molar-refractivity contribution in [3.63, 3.8) is 0 Å². The van der Waals surface area contributed by atoms with Gasteiger partial charge < -0.3 is 10.4 Å². The first kappa shape index (κ1) is 16.7. The number of rotatable bonds is 5. The summed E-state index contributed by atoms with van der Waals surface area (Å²) >= 11 is 1.65. The number of thioether (sulfide) groups is 1. The molecule has 0 saturated carbocycles. The van der Waals surface area contributed by atoms with Crippen molar-refractivity contribution in [1.29, 1.82) is 0 Å². The normalized spacial score (nSPS) is 17.0. The fourth-order valence-corrected chi connectivity index (χ4v) is 3.62. The standard InChI is InChI=1S/C15H17F2NO3S/c16-11-3-1-2-10(13(11)17)4-5-12(19)18-15(14(20)21)6-8-22-9-7-15/h1-3H,4-9H2,(H,18,19)(H,20,21). The molecule has 0 atom stereocenters. The molecule has 1 aromatic rings. The number of aryl methyl sites for hydroxylation is 1. The molecule has 22 heavy (non-hydrogen) atoms. The third-order valence-electron chi connectivity index (χ3n) is 3.79. The fourth-order valence-electron chi connectivity index (χ4n) is 2.43. The number of carbonyl (C=O) groups excluding carboxylic acids is 1. The Morgan fingerprint density at radius 1 is 1.27 bits per heavy atom. The van der Waals surface area contributed by atoms with Gasteiger partial charge in [-0.15, -0.1) is 0 Å². The van der Waals surface area contributed by atoms with Gasteiger partial charge in [0.15, 0.2) is 11.6 Å². The third kappa shape index (κ3) is 3.76. The molecule has 0 spiro atoms. The lowest BCUT2D eigenvalue weighted by atomic mass is 9.92. The molecule has 2 N–H and O–H groups in total. The van der Waals surface area contributed by atoms with Crippen molar-refractivity contribution in [3.8, 4) is 0 Å². The number of halogens is 2. The summed E-state index contributed by atoms with van der Waals surface area (Å²) < 4.78 is 26.6. The molecule has 1 aromatic carbocycles. The first-order valence-electron chi connectivity index (χ1n) is 7.00. The van der Waals surface area contributed by atoms with Crippen LogP contribution in [-0.2, 0) is 16.0 Å². The highest BCUT2D eigenvalue weighted by Crippen LogP contribution is 2.27. The van der Waals surface area contributed by atoms with Crippen molar-refractivity contribution < 1.29 is 23.5 Å². The lowest BCUT2D eigenvalue weighted by Gasteiger charge is -2.33. The molecule has 0 radical (unpaired) electrons. The fraction of sp³-hybridized carbons (Fsp3) is 0.467. The maximum Gasteiger partial charge on any atom is 0.329 e. The van der Waals surface area contributed by atoms with Crippen LogP contribution in [0.3, 0.4) is 0 Å². The Balaban J connectivity index is 1.97. The second-order valence-electron chi connectivity index (χ2n) is 5.26. The number of nitrogens with one attached hydrogen (secondary N) is 1. The van der Waals surface area contributed by atoms with E-state index >= 15 is 0 Å². The topological polar surface area (TPSA) is 66.4 Å². The summed E-state index contributed by atoms with van der Waals surface area (Å²) in [6, 6.07) is 3.80. The number of hydrogen-bond acceptors (Lipinski definition) is 3. The molecule has 1 amide bonds. The van der Waals surface area contributed by atoms with Gasteiger partial charge in [-0.05, 0) is 42.4 Å². The van der Waals surface area contributed by atoms with Crippen molar-refractivity contribution >= 4 is 23.6 Å². The second kappa shape index (κ2) is 7.09. The van der Waals surface area contributed by atoms with E-state index < -0.39 is 29.0 Å². The number of carboxylic acids is 1. The molecule has 0 aliphatic carbocycles. The number of carbonyl (C=O) groups is 2. The maximum atomic E-state index is 13.5. The van der Waals surface area contributed by atoms with Gasteiger partial charge in [0.2, 0.25) is 5.91 Å². The van der Waals surface area contributed by atoms with E-state index in [0.29, 0.717) is 24.3 Å². The third-order valence-corrected chi connectivity index (χ3v) is 4.77. The van der Waals surface area contributed by atoms with Crippen LogP contribution in [0, 0.1) is 11.6 Å². The monoisotopic (exact) mass is 329 g/mol. The maximum absolute atomic E-state index is 13.5. The molecule has 1 aliphatic rings. The predicted octanol–water partition coefficient (Wildman–Crippen LogP) is 2.36. The van der Waals surface area contributed by atoms with Crippen LogP contribution in [0.2, 0.25) is 0 Å². The minimum absolute atomic E-state index is 0.0277.